The van der Waals surface area contributed by atoms with Gasteiger partial charge in [0.2, 0.25) is 0 Å². The predicted molar refractivity (Wildman–Crippen MR) is 107 cm³/mol. The van der Waals surface area contributed by atoms with Crippen LogP contribution < -0.4 is 5.73 Å². The fourth-order valence-electron chi connectivity index (χ4n) is 2.26. The van der Waals surface area contributed by atoms with Crippen LogP contribution in [0.4, 0.5) is 14.5 Å². The molecule has 0 bridgehead atoms. The Morgan fingerprint density at radius 2 is 2.04 bits per heavy atom. The first-order valence-corrected chi connectivity index (χ1v) is 8.64. The van der Waals surface area contributed by atoms with E-state index >= 15 is 0 Å². The fourth-order valence-corrected chi connectivity index (χ4v) is 2.33. The highest BCUT2D eigenvalue weighted by molar-refractivity contribution is 6.18. The second-order valence-corrected chi connectivity index (χ2v) is 5.85. The van der Waals surface area contributed by atoms with E-state index in [1.54, 1.807) is 12.4 Å². The van der Waals surface area contributed by atoms with Crippen LogP contribution in [0.2, 0.25) is 0 Å². The molecular formula is C19H23ClF2N4. The van der Waals surface area contributed by atoms with Gasteiger partial charge in [-0.25, -0.2) is 8.78 Å². The highest BCUT2D eigenvalue weighted by Crippen LogP contribution is 2.30. The number of nitrogens with zero attached hydrogens (tertiary/aromatic N) is 3. The summed E-state index contributed by atoms with van der Waals surface area (Å²) in [5, 5.41) is 0. The number of benzene rings is 1. The zero-order chi connectivity index (χ0) is 19.5. The average molecular weight is 381 g/mol. The SMILES string of the molecule is C=N/C=C(\C=NCCl)CC(C)c1cc(F)c(F)c(N=CC(=CN)CC)c1. The maximum absolute atomic E-state index is 14.0. The number of aliphatic imine (C=N–C) groups is 3. The Kier molecular flexibility index (Phi) is 9.44. The molecule has 7 heteroatoms. The maximum atomic E-state index is 14.0. The molecule has 0 radical (unpaired) electrons. The van der Waals surface area contributed by atoms with Crippen molar-refractivity contribution in [2.24, 2.45) is 20.7 Å². The van der Waals surface area contributed by atoms with Gasteiger partial charge in [0.1, 0.15) is 11.7 Å². The summed E-state index contributed by atoms with van der Waals surface area (Å²) in [5.74, 6) is -2.06. The highest BCUT2D eigenvalue weighted by Gasteiger charge is 2.15. The van der Waals surface area contributed by atoms with E-state index in [0.717, 1.165) is 11.1 Å². The van der Waals surface area contributed by atoms with Crippen LogP contribution in [0.25, 0.3) is 0 Å². The minimum atomic E-state index is -0.989. The molecule has 2 N–H and O–H groups in total. The summed E-state index contributed by atoms with van der Waals surface area (Å²) in [6.07, 6.45) is 7.13. The Bertz CT molecular complexity index is 739. The minimum absolute atomic E-state index is 0.0681. The molecule has 0 fully saturated rings. The van der Waals surface area contributed by atoms with Crippen LogP contribution in [-0.2, 0) is 0 Å². The molecule has 0 aliphatic rings. The van der Waals surface area contributed by atoms with Crippen LogP contribution in [0, 0.1) is 11.6 Å². The molecule has 0 aromatic heterocycles. The molecule has 1 aromatic rings. The normalized spacial score (nSPS) is 14.3. The van der Waals surface area contributed by atoms with E-state index in [1.165, 1.54) is 24.5 Å². The molecule has 26 heavy (non-hydrogen) atoms. The van der Waals surface area contributed by atoms with Crippen LogP contribution in [0.1, 0.15) is 38.2 Å². The number of hydrogen-bond acceptors (Lipinski definition) is 4. The Balaban J connectivity index is 3.14. The lowest BCUT2D eigenvalue weighted by Crippen LogP contribution is -2.00. The maximum Gasteiger partial charge on any atom is 0.184 e. The third-order valence-corrected chi connectivity index (χ3v) is 3.86. The van der Waals surface area contributed by atoms with Gasteiger partial charge in [0.25, 0.3) is 0 Å². The van der Waals surface area contributed by atoms with Gasteiger partial charge in [-0.15, -0.1) is 11.6 Å². The summed E-state index contributed by atoms with van der Waals surface area (Å²) < 4.78 is 28.0. The molecule has 1 aromatic carbocycles. The molecule has 0 heterocycles. The van der Waals surface area contributed by atoms with E-state index in [1.807, 2.05) is 13.8 Å². The molecule has 1 unspecified atom stereocenters. The van der Waals surface area contributed by atoms with Crippen LogP contribution >= 0.6 is 11.6 Å². The molecule has 1 rings (SSSR count). The standard InChI is InChI=1S/C19H23ClF2N4/c1-4-14(8-23)11-26-18-7-16(6-17(21)19(18)22)13(2)5-15(9-24-3)10-25-12-20/h6-11,13H,3-5,12,23H2,1-2H3/b14-8?,15-9-,25-10?,26-11?. The van der Waals surface area contributed by atoms with Crippen LogP contribution in [0.15, 0.2) is 50.7 Å². The van der Waals surface area contributed by atoms with Crippen molar-refractivity contribution in [3.8, 4) is 0 Å². The summed E-state index contributed by atoms with van der Waals surface area (Å²) >= 11 is 5.55. The van der Waals surface area contributed by atoms with Gasteiger partial charge in [-0.3, -0.25) is 15.0 Å². The van der Waals surface area contributed by atoms with Crippen molar-refractivity contribution in [1.82, 2.24) is 0 Å². The van der Waals surface area contributed by atoms with E-state index in [4.69, 9.17) is 17.3 Å². The van der Waals surface area contributed by atoms with E-state index in [2.05, 4.69) is 21.7 Å². The summed E-state index contributed by atoms with van der Waals surface area (Å²) in [5.41, 5.74) is 7.50. The van der Waals surface area contributed by atoms with Crippen LogP contribution in [0.5, 0.6) is 0 Å². The molecule has 0 amide bonds. The number of hydrogen-bond donors (Lipinski definition) is 1. The number of allylic oxidation sites excluding steroid dienone is 2. The van der Waals surface area contributed by atoms with Crippen molar-refractivity contribution in [2.45, 2.75) is 32.6 Å². The zero-order valence-corrected chi connectivity index (χ0v) is 15.7. The smallest absolute Gasteiger partial charge is 0.184 e. The van der Waals surface area contributed by atoms with Crippen molar-refractivity contribution in [3.63, 3.8) is 0 Å². The van der Waals surface area contributed by atoms with Gasteiger partial charge in [0.15, 0.2) is 11.6 Å². The first-order valence-electron chi connectivity index (χ1n) is 8.11. The molecule has 0 aliphatic heterocycles. The fraction of sp³-hybridized carbons (Fsp3) is 0.316. The zero-order valence-electron chi connectivity index (χ0n) is 14.9. The van der Waals surface area contributed by atoms with E-state index in [9.17, 15) is 8.78 Å². The van der Waals surface area contributed by atoms with Gasteiger partial charge in [0, 0.05) is 18.6 Å². The molecule has 0 aliphatic carbocycles. The molecular weight excluding hydrogens is 358 g/mol. The first-order chi connectivity index (χ1) is 12.5. The Morgan fingerprint density at radius 3 is 2.62 bits per heavy atom. The van der Waals surface area contributed by atoms with Crippen molar-refractivity contribution >= 4 is 36.4 Å². The topological polar surface area (TPSA) is 63.1 Å². The van der Waals surface area contributed by atoms with E-state index in [-0.39, 0.29) is 17.6 Å². The van der Waals surface area contributed by atoms with Gasteiger partial charge in [-0.2, -0.15) is 0 Å². The average Bonchev–Trinajstić information content (AvgIpc) is 2.63. The van der Waals surface area contributed by atoms with E-state index < -0.39 is 11.6 Å². The number of nitrogens with two attached hydrogens (primary N) is 1. The second kappa shape index (κ2) is 11.3. The number of rotatable bonds is 9. The summed E-state index contributed by atoms with van der Waals surface area (Å²) in [7, 11) is 0. The molecule has 0 saturated heterocycles. The molecule has 4 nitrogen and oxygen atoms in total. The number of alkyl halides is 1. The lowest BCUT2D eigenvalue weighted by molar-refractivity contribution is 0.507. The van der Waals surface area contributed by atoms with Crippen molar-refractivity contribution < 1.29 is 8.78 Å². The monoisotopic (exact) mass is 380 g/mol. The molecule has 0 saturated carbocycles. The molecule has 0 spiro atoms. The van der Waals surface area contributed by atoms with Gasteiger partial charge < -0.3 is 5.73 Å². The van der Waals surface area contributed by atoms with Crippen molar-refractivity contribution in [1.29, 1.82) is 0 Å². The van der Waals surface area contributed by atoms with Gasteiger partial charge in [0.05, 0.1) is 0 Å². The predicted octanol–water partition coefficient (Wildman–Crippen LogP) is 5.26. The van der Waals surface area contributed by atoms with Gasteiger partial charge >= 0.3 is 0 Å². The molecule has 1 atom stereocenters. The van der Waals surface area contributed by atoms with Crippen LogP contribution in [0.3, 0.4) is 0 Å². The summed E-state index contributed by atoms with van der Waals surface area (Å²) in [6, 6.07) is 2.83. The minimum Gasteiger partial charge on any atom is -0.404 e. The Morgan fingerprint density at radius 1 is 1.31 bits per heavy atom. The van der Waals surface area contributed by atoms with Crippen molar-refractivity contribution in [2.75, 3.05) is 6.00 Å². The largest absolute Gasteiger partial charge is 0.404 e. The lowest BCUT2D eigenvalue weighted by Gasteiger charge is -2.13. The summed E-state index contributed by atoms with van der Waals surface area (Å²) in [4.78, 5) is 11.7. The highest BCUT2D eigenvalue weighted by atomic mass is 35.5. The molecule has 140 valence electrons. The quantitative estimate of drug-likeness (QED) is 0.354. The van der Waals surface area contributed by atoms with Gasteiger partial charge in [-0.1, -0.05) is 13.8 Å². The van der Waals surface area contributed by atoms with Crippen LogP contribution in [-0.4, -0.2) is 25.2 Å². The third kappa shape index (κ3) is 6.52. The van der Waals surface area contributed by atoms with Crippen molar-refractivity contribution in [3.05, 3.63) is 52.9 Å². The lowest BCUT2D eigenvalue weighted by atomic mass is 9.93. The second-order valence-electron chi connectivity index (χ2n) is 5.61. The van der Waals surface area contributed by atoms with Gasteiger partial charge in [-0.05, 0) is 60.5 Å². The number of halogens is 3. The van der Waals surface area contributed by atoms with E-state index in [0.29, 0.717) is 18.4 Å². The third-order valence-electron chi connectivity index (χ3n) is 3.72. The Labute approximate surface area is 157 Å². The summed E-state index contributed by atoms with van der Waals surface area (Å²) in [6.45, 7) is 7.20. The first kappa shape index (κ1) is 21.7. The Hall–Kier alpha value is -2.34.